The molecule has 0 bridgehead atoms. The SMILES string of the molecule is Cc1noc([C@@H]2CN(CCOc3ccccc3C)CCN2C)n1. The molecule has 0 amide bonds. The molecule has 0 N–H and O–H groups in total. The quantitative estimate of drug-likeness (QED) is 0.841. The van der Waals surface area contributed by atoms with Gasteiger partial charge in [-0.3, -0.25) is 9.80 Å². The molecule has 124 valence electrons. The Morgan fingerprint density at radius 3 is 2.83 bits per heavy atom. The number of rotatable bonds is 5. The van der Waals surface area contributed by atoms with Gasteiger partial charge in [0.2, 0.25) is 5.89 Å². The molecule has 6 nitrogen and oxygen atoms in total. The van der Waals surface area contributed by atoms with E-state index in [0.717, 1.165) is 31.9 Å². The third kappa shape index (κ3) is 3.89. The summed E-state index contributed by atoms with van der Waals surface area (Å²) in [6.07, 6.45) is 0. The number of aryl methyl sites for hydroxylation is 2. The molecule has 0 aliphatic carbocycles. The van der Waals surface area contributed by atoms with Gasteiger partial charge in [-0.05, 0) is 32.5 Å². The van der Waals surface area contributed by atoms with Crippen molar-refractivity contribution in [1.29, 1.82) is 0 Å². The molecule has 1 aliphatic heterocycles. The molecule has 0 saturated carbocycles. The first-order chi connectivity index (χ1) is 11.1. The number of hydrogen-bond acceptors (Lipinski definition) is 6. The second kappa shape index (κ2) is 7.10. The Bertz CT molecular complexity index is 643. The highest BCUT2D eigenvalue weighted by Crippen LogP contribution is 2.22. The summed E-state index contributed by atoms with van der Waals surface area (Å²) in [7, 11) is 2.10. The zero-order valence-electron chi connectivity index (χ0n) is 14.0. The van der Waals surface area contributed by atoms with E-state index in [-0.39, 0.29) is 6.04 Å². The van der Waals surface area contributed by atoms with Crippen LogP contribution < -0.4 is 4.74 Å². The first-order valence-electron chi connectivity index (χ1n) is 8.04. The van der Waals surface area contributed by atoms with Gasteiger partial charge in [0.25, 0.3) is 0 Å². The van der Waals surface area contributed by atoms with Gasteiger partial charge in [-0.2, -0.15) is 4.98 Å². The van der Waals surface area contributed by atoms with Crippen LogP contribution in [0.5, 0.6) is 5.75 Å². The summed E-state index contributed by atoms with van der Waals surface area (Å²) in [6.45, 7) is 8.39. The van der Waals surface area contributed by atoms with Crippen molar-refractivity contribution in [2.24, 2.45) is 0 Å². The molecular weight excluding hydrogens is 292 g/mol. The molecule has 1 fully saturated rings. The second-order valence-electron chi connectivity index (χ2n) is 6.09. The zero-order valence-corrected chi connectivity index (χ0v) is 14.0. The smallest absolute Gasteiger partial charge is 0.245 e. The molecule has 1 aromatic carbocycles. The van der Waals surface area contributed by atoms with Gasteiger partial charge in [0.1, 0.15) is 18.4 Å². The second-order valence-corrected chi connectivity index (χ2v) is 6.09. The summed E-state index contributed by atoms with van der Waals surface area (Å²) >= 11 is 0. The highest BCUT2D eigenvalue weighted by molar-refractivity contribution is 5.31. The predicted molar refractivity (Wildman–Crippen MR) is 87.5 cm³/mol. The highest BCUT2D eigenvalue weighted by Gasteiger charge is 2.29. The maximum absolute atomic E-state index is 5.90. The van der Waals surface area contributed by atoms with Gasteiger partial charge in [-0.25, -0.2) is 0 Å². The Kier molecular flexibility index (Phi) is 4.93. The molecule has 0 unspecified atom stereocenters. The van der Waals surface area contributed by atoms with Crippen molar-refractivity contribution in [2.45, 2.75) is 19.9 Å². The molecule has 2 heterocycles. The fourth-order valence-electron chi connectivity index (χ4n) is 2.85. The Balaban J connectivity index is 1.54. The Labute approximate surface area is 137 Å². The largest absolute Gasteiger partial charge is 0.492 e. The lowest BCUT2D eigenvalue weighted by atomic mass is 10.2. The van der Waals surface area contributed by atoms with Crippen molar-refractivity contribution >= 4 is 0 Å². The standard InChI is InChI=1S/C17H24N4O2/c1-13-6-4-5-7-16(13)22-11-10-21-9-8-20(3)15(12-21)17-18-14(2)19-23-17/h4-7,15H,8-12H2,1-3H3/t15-/m0/s1. The average molecular weight is 316 g/mol. The lowest BCUT2D eigenvalue weighted by Gasteiger charge is -2.37. The van der Waals surface area contributed by atoms with Gasteiger partial charge >= 0.3 is 0 Å². The van der Waals surface area contributed by atoms with Crippen LogP contribution in [0.1, 0.15) is 23.3 Å². The molecule has 1 atom stereocenters. The van der Waals surface area contributed by atoms with E-state index in [0.29, 0.717) is 18.3 Å². The number of benzene rings is 1. The maximum Gasteiger partial charge on any atom is 0.245 e. The van der Waals surface area contributed by atoms with E-state index in [4.69, 9.17) is 9.26 Å². The van der Waals surface area contributed by atoms with Gasteiger partial charge < -0.3 is 9.26 Å². The summed E-state index contributed by atoms with van der Waals surface area (Å²) in [5, 5.41) is 3.91. The van der Waals surface area contributed by atoms with E-state index in [2.05, 4.69) is 40.0 Å². The number of piperazine rings is 1. The topological polar surface area (TPSA) is 54.6 Å². The number of likely N-dealkylation sites (N-methyl/N-ethyl adjacent to an activating group) is 1. The Morgan fingerprint density at radius 2 is 2.09 bits per heavy atom. The fourth-order valence-corrected chi connectivity index (χ4v) is 2.85. The molecule has 1 aromatic heterocycles. The normalized spacial score (nSPS) is 19.9. The van der Waals surface area contributed by atoms with Crippen molar-refractivity contribution in [3.8, 4) is 5.75 Å². The van der Waals surface area contributed by atoms with Gasteiger partial charge in [0.05, 0.1) is 0 Å². The lowest BCUT2D eigenvalue weighted by Crippen LogP contribution is -2.47. The van der Waals surface area contributed by atoms with E-state index >= 15 is 0 Å². The van der Waals surface area contributed by atoms with Gasteiger partial charge in [-0.15, -0.1) is 0 Å². The summed E-state index contributed by atoms with van der Waals surface area (Å²) in [6, 6.07) is 8.28. The van der Waals surface area contributed by atoms with E-state index in [1.807, 2.05) is 25.1 Å². The van der Waals surface area contributed by atoms with Crippen LogP contribution in [0.15, 0.2) is 28.8 Å². The molecule has 3 rings (SSSR count). The minimum atomic E-state index is 0.156. The van der Waals surface area contributed by atoms with E-state index in [9.17, 15) is 0 Å². The maximum atomic E-state index is 5.90. The van der Waals surface area contributed by atoms with Crippen LogP contribution in [0.25, 0.3) is 0 Å². The van der Waals surface area contributed by atoms with Crippen LogP contribution in [0.2, 0.25) is 0 Å². The van der Waals surface area contributed by atoms with E-state index in [1.54, 1.807) is 0 Å². The minimum absolute atomic E-state index is 0.156. The summed E-state index contributed by atoms with van der Waals surface area (Å²) in [5.41, 5.74) is 1.17. The number of nitrogens with zero attached hydrogens (tertiary/aromatic N) is 4. The van der Waals surface area contributed by atoms with Crippen molar-refractivity contribution in [3.63, 3.8) is 0 Å². The Morgan fingerprint density at radius 1 is 1.26 bits per heavy atom. The number of para-hydroxylation sites is 1. The lowest BCUT2D eigenvalue weighted by molar-refractivity contribution is 0.0671. The van der Waals surface area contributed by atoms with Crippen LogP contribution >= 0.6 is 0 Å². The molecule has 6 heteroatoms. The molecular formula is C17H24N4O2. The molecule has 1 saturated heterocycles. The van der Waals surface area contributed by atoms with Crippen molar-refractivity contribution < 1.29 is 9.26 Å². The fraction of sp³-hybridized carbons (Fsp3) is 0.529. The molecule has 1 aliphatic rings. The van der Waals surface area contributed by atoms with Crippen molar-refractivity contribution in [3.05, 3.63) is 41.5 Å². The van der Waals surface area contributed by atoms with Crippen LogP contribution in [0, 0.1) is 13.8 Å². The number of ether oxygens (including phenoxy) is 1. The predicted octanol–water partition coefficient (Wildman–Crippen LogP) is 2.05. The summed E-state index contributed by atoms with van der Waals surface area (Å²) < 4.78 is 11.3. The molecule has 23 heavy (non-hydrogen) atoms. The van der Waals surface area contributed by atoms with E-state index in [1.165, 1.54) is 5.56 Å². The Hall–Kier alpha value is -1.92. The zero-order chi connectivity index (χ0) is 16.2. The van der Waals surface area contributed by atoms with Crippen LogP contribution in [0.3, 0.4) is 0 Å². The van der Waals surface area contributed by atoms with Gasteiger partial charge in [0.15, 0.2) is 5.82 Å². The highest BCUT2D eigenvalue weighted by atomic mass is 16.5. The van der Waals surface area contributed by atoms with Gasteiger partial charge in [-0.1, -0.05) is 23.4 Å². The van der Waals surface area contributed by atoms with Crippen molar-refractivity contribution in [2.75, 3.05) is 39.8 Å². The molecule has 0 spiro atoms. The van der Waals surface area contributed by atoms with Crippen molar-refractivity contribution in [1.82, 2.24) is 19.9 Å². The van der Waals surface area contributed by atoms with Crippen LogP contribution in [-0.4, -0.2) is 59.8 Å². The minimum Gasteiger partial charge on any atom is -0.492 e. The monoisotopic (exact) mass is 316 g/mol. The first-order valence-corrected chi connectivity index (χ1v) is 8.04. The molecule has 0 radical (unpaired) electrons. The molecule has 2 aromatic rings. The van der Waals surface area contributed by atoms with Crippen LogP contribution in [-0.2, 0) is 0 Å². The first kappa shape index (κ1) is 16.0. The third-order valence-electron chi connectivity index (χ3n) is 4.32. The van der Waals surface area contributed by atoms with Gasteiger partial charge in [0, 0.05) is 26.2 Å². The average Bonchev–Trinajstić information content (AvgIpc) is 2.97. The van der Waals surface area contributed by atoms with E-state index < -0.39 is 0 Å². The van der Waals surface area contributed by atoms with Crippen LogP contribution in [0.4, 0.5) is 0 Å². The third-order valence-corrected chi connectivity index (χ3v) is 4.32. The number of aromatic nitrogens is 2. The summed E-state index contributed by atoms with van der Waals surface area (Å²) in [5.74, 6) is 2.36. The number of hydrogen-bond donors (Lipinski definition) is 0. The summed E-state index contributed by atoms with van der Waals surface area (Å²) in [4.78, 5) is 9.04.